The summed E-state index contributed by atoms with van der Waals surface area (Å²) in [6.45, 7) is 2.13. The molecule has 5 nitrogen and oxygen atoms in total. The van der Waals surface area contributed by atoms with Gasteiger partial charge in [-0.15, -0.1) is 0 Å². The highest BCUT2D eigenvalue weighted by Gasteiger charge is 2.28. The van der Waals surface area contributed by atoms with E-state index in [0.29, 0.717) is 5.92 Å². The number of nitrogens with zero attached hydrogens (tertiary/aromatic N) is 3. The molecule has 3 rings (SSSR count). The van der Waals surface area contributed by atoms with E-state index in [9.17, 15) is 0 Å². The summed E-state index contributed by atoms with van der Waals surface area (Å²) in [4.78, 5) is 11.4. The van der Waals surface area contributed by atoms with Crippen molar-refractivity contribution in [3.63, 3.8) is 0 Å². The van der Waals surface area contributed by atoms with Gasteiger partial charge in [0.15, 0.2) is 0 Å². The predicted molar refractivity (Wildman–Crippen MR) is 71.4 cm³/mol. The van der Waals surface area contributed by atoms with Crippen molar-refractivity contribution in [2.45, 2.75) is 18.8 Å². The van der Waals surface area contributed by atoms with Gasteiger partial charge >= 0.3 is 0 Å². The van der Waals surface area contributed by atoms with Crippen LogP contribution < -0.4 is 16.2 Å². The van der Waals surface area contributed by atoms with Crippen LogP contribution in [0.25, 0.3) is 0 Å². The Morgan fingerprint density at radius 2 is 2.06 bits per heavy atom. The minimum absolute atomic E-state index is 0.557. The maximum absolute atomic E-state index is 5.47. The van der Waals surface area contributed by atoms with Gasteiger partial charge in [0, 0.05) is 36.6 Å². The maximum Gasteiger partial charge on any atom is 0.145 e. The van der Waals surface area contributed by atoms with Crippen LogP contribution in [0, 0.1) is 0 Å². The molecule has 0 spiro atoms. The summed E-state index contributed by atoms with van der Waals surface area (Å²) in [5.41, 5.74) is 2.65. The zero-order valence-corrected chi connectivity index (χ0v) is 10.5. The lowest BCUT2D eigenvalue weighted by atomic mass is 10.3. The maximum atomic E-state index is 5.47. The predicted octanol–water partition coefficient (Wildman–Crippen LogP) is 1.19. The van der Waals surface area contributed by atoms with Gasteiger partial charge in [-0.05, 0) is 12.8 Å². The topological polar surface area (TPSA) is 67.1 Å². The largest absolute Gasteiger partial charge is 0.355 e. The third-order valence-corrected chi connectivity index (χ3v) is 4.10. The average Bonchev–Trinajstić information content (AvgIpc) is 3.23. The second-order valence-corrected chi connectivity index (χ2v) is 5.71. The Labute approximate surface area is 105 Å². The summed E-state index contributed by atoms with van der Waals surface area (Å²) in [6, 6.07) is 1.95. The second-order valence-electron chi connectivity index (χ2n) is 4.49. The number of hydrazine groups is 1. The third-order valence-electron chi connectivity index (χ3n) is 3.16. The molecule has 0 radical (unpaired) electrons. The number of nitrogen functional groups attached to an aromatic ring is 1. The Morgan fingerprint density at radius 1 is 1.29 bits per heavy atom. The smallest absolute Gasteiger partial charge is 0.145 e. The molecule has 2 aliphatic rings. The molecule has 1 aromatic rings. The van der Waals surface area contributed by atoms with Gasteiger partial charge in [0.2, 0.25) is 0 Å². The molecule has 17 heavy (non-hydrogen) atoms. The monoisotopic (exact) mass is 251 g/mol. The van der Waals surface area contributed by atoms with Gasteiger partial charge < -0.3 is 10.3 Å². The molecular formula is C11H17N5S. The average molecular weight is 251 g/mol. The van der Waals surface area contributed by atoms with Crippen molar-refractivity contribution in [3.8, 4) is 0 Å². The van der Waals surface area contributed by atoms with Gasteiger partial charge in [-0.1, -0.05) is 0 Å². The molecule has 0 aromatic carbocycles. The van der Waals surface area contributed by atoms with Crippen LogP contribution in [0.5, 0.6) is 0 Å². The van der Waals surface area contributed by atoms with Crippen LogP contribution in [0.3, 0.4) is 0 Å². The van der Waals surface area contributed by atoms with Gasteiger partial charge in [0.25, 0.3) is 0 Å². The van der Waals surface area contributed by atoms with Crippen LogP contribution in [0.4, 0.5) is 11.6 Å². The van der Waals surface area contributed by atoms with E-state index in [-0.39, 0.29) is 0 Å². The molecule has 1 saturated carbocycles. The Morgan fingerprint density at radius 3 is 2.71 bits per heavy atom. The Kier molecular flexibility index (Phi) is 3.07. The molecule has 92 valence electrons. The molecule has 0 amide bonds. The summed E-state index contributed by atoms with van der Waals surface area (Å²) in [5.74, 6) is 11.1. The lowest BCUT2D eigenvalue weighted by Gasteiger charge is -2.27. The molecule has 1 aliphatic carbocycles. The highest BCUT2D eigenvalue weighted by molar-refractivity contribution is 7.99. The quantitative estimate of drug-likeness (QED) is 0.621. The second kappa shape index (κ2) is 4.70. The van der Waals surface area contributed by atoms with Crippen LogP contribution in [0.2, 0.25) is 0 Å². The van der Waals surface area contributed by atoms with Crippen LogP contribution in [-0.2, 0) is 0 Å². The standard InChI is InChI=1S/C11H17N5S/c12-15-9-7-10(16-3-5-17-6-4-16)14-11(13-9)8-1-2-8/h7-8H,1-6,12H2,(H,13,14,15). The molecule has 0 unspecified atom stereocenters. The first-order valence-corrected chi connectivity index (χ1v) is 7.20. The first-order valence-electron chi connectivity index (χ1n) is 6.05. The molecule has 2 heterocycles. The minimum atomic E-state index is 0.557. The van der Waals surface area contributed by atoms with E-state index in [4.69, 9.17) is 5.84 Å². The normalized spacial score (nSPS) is 20.4. The Hall–Kier alpha value is -1.01. The highest BCUT2D eigenvalue weighted by atomic mass is 32.2. The number of nitrogens with one attached hydrogen (secondary N) is 1. The fraction of sp³-hybridized carbons (Fsp3) is 0.636. The fourth-order valence-corrected chi connectivity index (χ4v) is 2.91. The molecule has 1 aromatic heterocycles. The fourth-order valence-electron chi connectivity index (χ4n) is 2.01. The zero-order valence-electron chi connectivity index (χ0n) is 9.72. The molecular weight excluding hydrogens is 234 g/mol. The summed E-state index contributed by atoms with van der Waals surface area (Å²) in [7, 11) is 0. The van der Waals surface area contributed by atoms with Gasteiger partial charge in [-0.25, -0.2) is 15.8 Å². The highest BCUT2D eigenvalue weighted by Crippen LogP contribution is 2.39. The SMILES string of the molecule is NNc1cc(N2CCSCC2)nc(C2CC2)n1. The number of aromatic nitrogens is 2. The van der Waals surface area contributed by atoms with Gasteiger partial charge in [0.1, 0.15) is 17.5 Å². The lowest BCUT2D eigenvalue weighted by molar-refractivity contribution is 0.815. The Bertz CT molecular complexity index is 401. The number of hydrogen-bond acceptors (Lipinski definition) is 6. The minimum Gasteiger partial charge on any atom is -0.355 e. The van der Waals surface area contributed by atoms with Gasteiger partial charge in [0.05, 0.1) is 0 Å². The lowest BCUT2D eigenvalue weighted by Crippen LogP contribution is -2.33. The molecule has 2 fully saturated rings. The van der Waals surface area contributed by atoms with E-state index < -0.39 is 0 Å². The van der Waals surface area contributed by atoms with Crippen LogP contribution in [-0.4, -0.2) is 34.6 Å². The molecule has 3 N–H and O–H groups in total. The van der Waals surface area contributed by atoms with Crippen molar-refractivity contribution in [1.82, 2.24) is 9.97 Å². The van der Waals surface area contributed by atoms with Gasteiger partial charge in [-0.2, -0.15) is 11.8 Å². The van der Waals surface area contributed by atoms with Crippen LogP contribution >= 0.6 is 11.8 Å². The summed E-state index contributed by atoms with van der Waals surface area (Å²) < 4.78 is 0. The third kappa shape index (κ3) is 2.47. The van der Waals surface area contributed by atoms with Crippen LogP contribution in [0.1, 0.15) is 24.6 Å². The molecule has 0 bridgehead atoms. The summed E-state index contributed by atoms with van der Waals surface area (Å²) in [5, 5.41) is 0. The Balaban J connectivity index is 1.88. The van der Waals surface area contributed by atoms with E-state index >= 15 is 0 Å². The number of thioether (sulfide) groups is 1. The van der Waals surface area contributed by atoms with Crippen molar-refractivity contribution >= 4 is 23.4 Å². The van der Waals surface area contributed by atoms with Crippen LogP contribution in [0.15, 0.2) is 6.07 Å². The van der Waals surface area contributed by atoms with Crippen molar-refractivity contribution in [2.75, 3.05) is 34.9 Å². The van der Waals surface area contributed by atoms with Gasteiger partial charge in [-0.3, -0.25) is 0 Å². The van der Waals surface area contributed by atoms with E-state index in [0.717, 1.165) is 30.5 Å². The zero-order chi connectivity index (χ0) is 11.7. The van der Waals surface area contributed by atoms with Crippen molar-refractivity contribution < 1.29 is 0 Å². The number of rotatable bonds is 3. The van der Waals surface area contributed by atoms with Crippen molar-refractivity contribution in [2.24, 2.45) is 5.84 Å². The van der Waals surface area contributed by atoms with E-state index in [1.807, 2.05) is 17.8 Å². The number of hydrogen-bond donors (Lipinski definition) is 2. The molecule has 1 aliphatic heterocycles. The van der Waals surface area contributed by atoms with Crippen molar-refractivity contribution in [3.05, 3.63) is 11.9 Å². The summed E-state index contributed by atoms with van der Waals surface area (Å²) >= 11 is 2.00. The molecule has 1 saturated heterocycles. The molecule has 6 heteroatoms. The first kappa shape index (κ1) is 11.1. The van der Waals surface area contributed by atoms with E-state index in [1.54, 1.807) is 0 Å². The number of nitrogens with two attached hydrogens (primary N) is 1. The molecule has 0 atom stereocenters. The summed E-state index contributed by atoms with van der Waals surface area (Å²) in [6.07, 6.45) is 2.42. The van der Waals surface area contributed by atoms with E-state index in [1.165, 1.54) is 24.3 Å². The number of anilines is 2. The van der Waals surface area contributed by atoms with Crippen molar-refractivity contribution in [1.29, 1.82) is 0 Å². The van der Waals surface area contributed by atoms with E-state index in [2.05, 4.69) is 20.3 Å². The first-order chi connectivity index (χ1) is 8.36.